The van der Waals surface area contributed by atoms with Gasteiger partial charge in [-0.05, 0) is 42.4 Å². The summed E-state index contributed by atoms with van der Waals surface area (Å²) in [5.41, 5.74) is 1.78. The summed E-state index contributed by atoms with van der Waals surface area (Å²) in [7, 11) is 0. The minimum atomic E-state index is 0. The van der Waals surface area contributed by atoms with Gasteiger partial charge in [-0.2, -0.15) is 12.1 Å². The molecule has 1 aromatic rings. The van der Waals surface area contributed by atoms with Gasteiger partial charge in [0.2, 0.25) is 6.79 Å². The number of fused-ring (bicyclic) bond motifs is 1. The van der Waals surface area contributed by atoms with Crippen LogP contribution in [0.4, 0.5) is 0 Å². The maximum Gasteiger partial charge on any atom is 2.00 e. The van der Waals surface area contributed by atoms with Crippen molar-refractivity contribution in [1.29, 1.82) is 0 Å². The number of ether oxygens (including phenoxy) is 2. The van der Waals surface area contributed by atoms with E-state index in [-0.39, 0.29) is 71.3 Å². The van der Waals surface area contributed by atoms with Gasteiger partial charge in [0.15, 0.2) is 0 Å². The third-order valence-corrected chi connectivity index (χ3v) is 5.94. The molecule has 0 radical (unpaired) electrons. The molecular formula is C17H19BrClLiMgO2. The zero-order valence-corrected chi connectivity index (χ0v) is 17.4. The maximum atomic E-state index is 5.78. The molecule has 6 heteroatoms. The van der Waals surface area contributed by atoms with E-state index in [9.17, 15) is 0 Å². The van der Waals surface area contributed by atoms with Gasteiger partial charge in [-0.15, -0.1) is 11.6 Å². The fourth-order valence-electron chi connectivity index (χ4n) is 5.71. The molecule has 1 aliphatic heterocycles. The smallest absolute Gasteiger partial charge is 1.00 e. The van der Waals surface area contributed by atoms with Crippen LogP contribution >= 0.6 is 0 Å². The van der Waals surface area contributed by atoms with Gasteiger partial charge in [-0.25, -0.2) is 0 Å². The zero-order chi connectivity index (χ0) is 12.4. The molecule has 4 aliphatic carbocycles. The predicted octanol–water partition coefficient (Wildman–Crippen LogP) is -5.69. The van der Waals surface area contributed by atoms with Crippen LogP contribution in [0.1, 0.15) is 44.1 Å². The summed E-state index contributed by atoms with van der Waals surface area (Å²) in [6.45, 7) is 0.382. The van der Waals surface area contributed by atoms with Gasteiger partial charge in [0.1, 0.15) is 0 Å². The average Bonchev–Trinajstić information content (AvgIpc) is 2.84. The van der Waals surface area contributed by atoms with E-state index in [0.717, 1.165) is 29.3 Å². The van der Waals surface area contributed by atoms with E-state index in [1.54, 1.807) is 0 Å². The normalized spacial score (nSPS) is 34.5. The number of rotatable bonds is 1. The molecule has 0 atom stereocenters. The van der Waals surface area contributed by atoms with Crippen molar-refractivity contribution >= 4 is 23.1 Å². The Kier molecular flexibility index (Phi) is 7.75. The Bertz CT molecular complexity index is 522. The summed E-state index contributed by atoms with van der Waals surface area (Å²) < 4.78 is 11.3. The summed E-state index contributed by atoms with van der Waals surface area (Å²) in [5, 5.41) is 0. The van der Waals surface area contributed by atoms with Crippen molar-refractivity contribution in [2.24, 2.45) is 17.8 Å². The Balaban J connectivity index is 0.000000661. The first-order valence-electron chi connectivity index (χ1n) is 7.63. The third-order valence-electron chi connectivity index (χ3n) is 5.94. The predicted molar refractivity (Wildman–Crippen MR) is 77.0 cm³/mol. The molecule has 0 saturated heterocycles. The molecule has 1 heterocycles. The van der Waals surface area contributed by atoms with Crippen molar-refractivity contribution in [3.8, 4) is 11.5 Å². The van der Waals surface area contributed by atoms with Crippen LogP contribution in [-0.2, 0) is 5.41 Å². The molecule has 23 heavy (non-hydrogen) atoms. The minimum Gasteiger partial charge on any atom is -1.00 e. The molecule has 1 aromatic carbocycles. The van der Waals surface area contributed by atoms with Crippen molar-refractivity contribution in [1.82, 2.24) is 0 Å². The number of halogens is 2. The fraction of sp³-hybridized carbons (Fsp3) is 0.647. The first-order chi connectivity index (χ1) is 9.32. The van der Waals surface area contributed by atoms with Crippen molar-refractivity contribution in [2.75, 3.05) is 6.79 Å². The van der Waals surface area contributed by atoms with E-state index in [2.05, 4.69) is 12.1 Å². The molecule has 0 spiro atoms. The van der Waals surface area contributed by atoms with Crippen LogP contribution in [0.5, 0.6) is 11.5 Å². The largest absolute Gasteiger partial charge is 2.00 e. The van der Waals surface area contributed by atoms with Crippen LogP contribution in [-0.4, -0.2) is 29.8 Å². The first kappa shape index (κ1) is 22.0. The Labute approximate surface area is 183 Å². The van der Waals surface area contributed by atoms with Crippen LogP contribution in [0.3, 0.4) is 0 Å². The second-order valence-corrected chi connectivity index (χ2v) is 7.17. The first-order valence-corrected chi connectivity index (χ1v) is 7.63. The molecule has 0 aromatic heterocycles. The molecule has 0 N–H and O–H groups in total. The monoisotopic (exact) mass is 400 g/mol. The molecule has 6 rings (SSSR count). The molecule has 4 bridgehead atoms. The number of hydrogen-bond acceptors (Lipinski definition) is 2. The van der Waals surface area contributed by atoms with Crippen molar-refractivity contribution in [3.05, 3.63) is 23.8 Å². The fourth-order valence-corrected chi connectivity index (χ4v) is 5.71. The molecular weight excluding hydrogens is 383 g/mol. The molecule has 4 fully saturated rings. The quantitative estimate of drug-likeness (QED) is 0.345. The van der Waals surface area contributed by atoms with Crippen LogP contribution in [0.15, 0.2) is 12.1 Å². The third kappa shape index (κ3) is 3.46. The van der Waals surface area contributed by atoms with Gasteiger partial charge in [-0.3, -0.25) is 0 Å². The van der Waals surface area contributed by atoms with Gasteiger partial charge >= 0.3 is 41.9 Å². The van der Waals surface area contributed by atoms with E-state index in [4.69, 9.17) is 9.47 Å². The standard InChI is InChI=1S/C17H19O2.BrH.ClH.Li.Mg/c1-2-14(16-15(3-1)18-10-19-16)17-7-11-4-12(8-17)6-13(5-11)9-17;;;;/h2-3,11-13H,4-10H2;2*1H;;/q-1;;;+1;+2/p-2. The molecule has 116 valence electrons. The Hall–Kier alpha value is 0.954. The number of benzene rings is 1. The molecule has 0 amide bonds. The van der Waals surface area contributed by atoms with Gasteiger partial charge in [-0.1, -0.05) is 19.3 Å². The van der Waals surface area contributed by atoms with Crippen LogP contribution < -0.4 is 57.7 Å². The minimum absolute atomic E-state index is 0. The SMILES string of the molecule is [Br-].[Cl-].[Li+].[Mg+2].[c-]1cc2c(c(C34CC5CC(CC(C5)C3)C4)c1)OCO2. The molecule has 5 aliphatic rings. The van der Waals surface area contributed by atoms with Gasteiger partial charge in [0.25, 0.3) is 0 Å². The summed E-state index contributed by atoms with van der Waals surface area (Å²) in [5.74, 6) is 4.83. The molecule has 4 saturated carbocycles. The summed E-state index contributed by atoms with van der Waals surface area (Å²) in [6, 6.07) is 7.39. The van der Waals surface area contributed by atoms with Crippen molar-refractivity contribution in [2.45, 2.75) is 43.9 Å². The van der Waals surface area contributed by atoms with Crippen LogP contribution in [0.2, 0.25) is 0 Å². The van der Waals surface area contributed by atoms with Crippen molar-refractivity contribution < 1.29 is 57.7 Å². The Morgan fingerprint density at radius 2 is 1.52 bits per heavy atom. The van der Waals surface area contributed by atoms with E-state index >= 15 is 0 Å². The summed E-state index contributed by atoms with van der Waals surface area (Å²) in [6.07, 6.45) is 8.55. The Morgan fingerprint density at radius 3 is 2.09 bits per heavy atom. The van der Waals surface area contributed by atoms with Gasteiger partial charge in [0.05, 0.1) is 11.5 Å². The van der Waals surface area contributed by atoms with Gasteiger partial charge in [0, 0.05) is 0 Å². The zero-order valence-electron chi connectivity index (χ0n) is 13.6. The summed E-state index contributed by atoms with van der Waals surface area (Å²) >= 11 is 0. The van der Waals surface area contributed by atoms with Crippen LogP contribution in [0, 0.1) is 23.8 Å². The Morgan fingerprint density at radius 1 is 0.957 bits per heavy atom. The van der Waals surface area contributed by atoms with Crippen molar-refractivity contribution in [3.63, 3.8) is 0 Å². The van der Waals surface area contributed by atoms with E-state index < -0.39 is 0 Å². The van der Waals surface area contributed by atoms with E-state index in [1.807, 2.05) is 6.07 Å². The van der Waals surface area contributed by atoms with Crippen LogP contribution in [0.25, 0.3) is 0 Å². The summed E-state index contributed by atoms with van der Waals surface area (Å²) in [4.78, 5) is 0. The number of hydrogen-bond donors (Lipinski definition) is 0. The average molecular weight is 402 g/mol. The molecule has 2 nitrogen and oxygen atoms in total. The van der Waals surface area contributed by atoms with E-state index in [1.165, 1.54) is 44.1 Å². The van der Waals surface area contributed by atoms with E-state index in [0.29, 0.717) is 12.2 Å². The second kappa shape index (κ2) is 8.10. The second-order valence-electron chi connectivity index (χ2n) is 7.17. The maximum absolute atomic E-state index is 5.78. The van der Waals surface area contributed by atoms with Gasteiger partial charge < -0.3 is 38.9 Å². The molecule has 0 unspecified atom stereocenters. The topological polar surface area (TPSA) is 18.5 Å².